The summed E-state index contributed by atoms with van der Waals surface area (Å²) in [6.45, 7) is 1.67. The van der Waals surface area contributed by atoms with E-state index in [-0.39, 0.29) is 11.9 Å². The van der Waals surface area contributed by atoms with Crippen molar-refractivity contribution in [3.8, 4) is 12.3 Å². The van der Waals surface area contributed by atoms with Gasteiger partial charge >= 0.3 is 0 Å². The van der Waals surface area contributed by atoms with Crippen LogP contribution < -0.4 is 10.6 Å². The van der Waals surface area contributed by atoms with E-state index < -0.39 is 0 Å². The summed E-state index contributed by atoms with van der Waals surface area (Å²) in [4.78, 5) is 11.6. The van der Waals surface area contributed by atoms with Gasteiger partial charge in [-0.2, -0.15) is 0 Å². The van der Waals surface area contributed by atoms with Crippen LogP contribution in [0.15, 0.2) is 0 Å². The summed E-state index contributed by atoms with van der Waals surface area (Å²) in [6.07, 6.45) is 8.41. The van der Waals surface area contributed by atoms with Crippen molar-refractivity contribution in [3.63, 3.8) is 0 Å². The summed E-state index contributed by atoms with van der Waals surface area (Å²) in [5.41, 5.74) is 0. The van der Waals surface area contributed by atoms with Crippen LogP contribution in [-0.2, 0) is 4.79 Å². The lowest BCUT2D eigenvalue weighted by Gasteiger charge is -2.22. The van der Waals surface area contributed by atoms with Crippen LogP contribution in [0.1, 0.15) is 19.3 Å². The van der Waals surface area contributed by atoms with Gasteiger partial charge in [0.15, 0.2) is 0 Å². The first-order chi connectivity index (χ1) is 7.34. The molecule has 84 valence electrons. The summed E-state index contributed by atoms with van der Waals surface area (Å²) >= 11 is 1.67. The van der Waals surface area contributed by atoms with Crippen LogP contribution in [0.4, 0.5) is 0 Å². The maximum absolute atomic E-state index is 11.6. The Morgan fingerprint density at radius 2 is 2.47 bits per heavy atom. The highest BCUT2D eigenvalue weighted by molar-refractivity contribution is 7.99. The van der Waals surface area contributed by atoms with Crippen molar-refractivity contribution < 1.29 is 4.79 Å². The first-order valence-corrected chi connectivity index (χ1v) is 6.52. The monoisotopic (exact) mass is 226 g/mol. The number of thioether (sulfide) groups is 1. The number of hydrogen-bond donors (Lipinski definition) is 2. The van der Waals surface area contributed by atoms with Crippen molar-refractivity contribution in [2.45, 2.75) is 25.3 Å². The molecule has 1 rings (SSSR count). The van der Waals surface area contributed by atoms with Gasteiger partial charge in [-0.15, -0.1) is 18.2 Å². The van der Waals surface area contributed by atoms with Crippen LogP contribution in [0.2, 0.25) is 0 Å². The molecule has 3 nitrogen and oxygen atoms in total. The van der Waals surface area contributed by atoms with E-state index in [0.29, 0.717) is 6.54 Å². The minimum absolute atomic E-state index is 0.0244. The number of carbonyl (C=O) groups excluding carboxylic acids is 1. The second kappa shape index (κ2) is 7.61. The highest BCUT2D eigenvalue weighted by Gasteiger charge is 2.19. The first-order valence-electron chi connectivity index (χ1n) is 5.37. The minimum atomic E-state index is 0.0244. The van der Waals surface area contributed by atoms with E-state index in [1.54, 1.807) is 11.8 Å². The molecule has 1 fully saturated rings. The summed E-state index contributed by atoms with van der Waals surface area (Å²) in [5.74, 6) is 4.30. The molecule has 4 heteroatoms. The fraction of sp³-hybridized carbons (Fsp3) is 0.727. The molecule has 1 heterocycles. The van der Waals surface area contributed by atoms with E-state index in [2.05, 4.69) is 16.6 Å². The quantitative estimate of drug-likeness (QED) is 0.533. The SMILES string of the molecule is C#CCSCCNC(=O)C1CCCCN1. The van der Waals surface area contributed by atoms with Gasteiger partial charge in [0, 0.05) is 12.3 Å². The van der Waals surface area contributed by atoms with E-state index in [1.807, 2.05) is 0 Å². The van der Waals surface area contributed by atoms with E-state index in [1.165, 1.54) is 6.42 Å². The molecule has 1 amide bonds. The smallest absolute Gasteiger partial charge is 0.237 e. The molecule has 0 saturated carbocycles. The zero-order valence-electron chi connectivity index (χ0n) is 8.92. The van der Waals surface area contributed by atoms with Gasteiger partial charge in [0.2, 0.25) is 5.91 Å². The van der Waals surface area contributed by atoms with E-state index >= 15 is 0 Å². The Morgan fingerprint density at radius 1 is 1.60 bits per heavy atom. The Hall–Kier alpha value is -0.660. The molecule has 1 saturated heterocycles. The zero-order valence-corrected chi connectivity index (χ0v) is 9.74. The van der Waals surface area contributed by atoms with Gasteiger partial charge in [0.1, 0.15) is 0 Å². The fourth-order valence-corrected chi connectivity index (χ4v) is 2.08. The molecule has 15 heavy (non-hydrogen) atoms. The van der Waals surface area contributed by atoms with Gasteiger partial charge in [0.05, 0.1) is 11.8 Å². The van der Waals surface area contributed by atoms with Gasteiger partial charge in [-0.05, 0) is 19.4 Å². The van der Waals surface area contributed by atoms with E-state index in [4.69, 9.17) is 6.42 Å². The zero-order chi connectivity index (χ0) is 10.9. The fourth-order valence-electron chi connectivity index (χ4n) is 1.58. The van der Waals surface area contributed by atoms with Crippen LogP contribution in [0, 0.1) is 12.3 Å². The average Bonchev–Trinajstić information content (AvgIpc) is 2.30. The molecule has 0 aliphatic carbocycles. The molecule has 1 aliphatic heterocycles. The molecular weight excluding hydrogens is 208 g/mol. The van der Waals surface area contributed by atoms with Crippen LogP contribution in [0.25, 0.3) is 0 Å². The molecule has 1 atom stereocenters. The standard InChI is InChI=1S/C11H18N2OS/c1-2-8-15-9-7-13-11(14)10-5-3-4-6-12-10/h1,10,12H,3-9H2,(H,13,14). The van der Waals surface area contributed by atoms with Crippen molar-refractivity contribution in [1.29, 1.82) is 0 Å². The molecule has 0 spiro atoms. The largest absolute Gasteiger partial charge is 0.354 e. The number of rotatable bonds is 5. The highest BCUT2D eigenvalue weighted by atomic mass is 32.2. The Bertz CT molecular complexity index is 231. The highest BCUT2D eigenvalue weighted by Crippen LogP contribution is 2.06. The Balaban J connectivity index is 2.05. The lowest BCUT2D eigenvalue weighted by molar-refractivity contribution is -0.123. The molecule has 0 bridgehead atoms. The molecule has 1 aliphatic rings. The molecule has 1 unspecified atom stereocenters. The number of amides is 1. The van der Waals surface area contributed by atoms with Gasteiger partial charge in [-0.1, -0.05) is 12.3 Å². The van der Waals surface area contributed by atoms with Gasteiger partial charge in [0.25, 0.3) is 0 Å². The third-order valence-corrected chi connectivity index (χ3v) is 3.22. The molecule has 0 aromatic rings. The van der Waals surface area contributed by atoms with Gasteiger partial charge in [-0.25, -0.2) is 0 Å². The van der Waals surface area contributed by atoms with Crippen molar-refractivity contribution >= 4 is 17.7 Å². The predicted octanol–water partition coefficient (Wildman–Crippen LogP) is 0.611. The third kappa shape index (κ3) is 5.10. The molecule has 0 aromatic carbocycles. The maximum Gasteiger partial charge on any atom is 0.237 e. The number of hydrogen-bond acceptors (Lipinski definition) is 3. The molecular formula is C11H18N2OS. The molecule has 0 aromatic heterocycles. The van der Waals surface area contributed by atoms with Crippen LogP contribution in [0.5, 0.6) is 0 Å². The normalized spacial score (nSPS) is 20.6. The number of nitrogens with one attached hydrogen (secondary N) is 2. The van der Waals surface area contributed by atoms with E-state index in [0.717, 1.165) is 30.9 Å². The topological polar surface area (TPSA) is 41.1 Å². The summed E-state index contributed by atoms with van der Waals surface area (Å²) < 4.78 is 0. The van der Waals surface area contributed by atoms with Gasteiger partial charge < -0.3 is 10.6 Å². The van der Waals surface area contributed by atoms with E-state index in [9.17, 15) is 4.79 Å². The minimum Gasteiger partial charge on any atom is -0.354 e. The van der Waals surface area contributed by atoms with Crippen molar-refractivity contribution in [1.82, 2.24) is 10.6 Å². The lowest BCUT2D eigenvalue weighted by Crippen LogP contribution is -2.47. The average molecular weight is 226 g/mol. The van der Waals surface area contributed by atoms with Crippen molar-refractivity contribution in [3.05, 3.63) is 0 Å². The third-order valence-electron chi connectivity index (χ3n) is 2.36. The maximum atomic E-state index is 11.6. The number of carbonyl (C=O) groups is 1. The van der Waals surface area contributed by atoms with Crippen molar-refractivity contribution in [2.75, 3.05) is 24.6 Å². The summed E-state index contributed by atoms with van der Waals surface area (Å²) in [6, 6.07) is 0.0244. The van der Waals surface area contributed by atoms with Crippen LogP contribution in [0.3, 0.4) is 0 Å². The van der Waals surface area contributed by atoms with Crippen LogP contribution in [-0.4, -0.2) is 36.5 Å². The summed E-state index contributed by atoms with van der Waals surface area (Å²) in [7, 11) is 0. The Kier molecular flexibility index (Phi) is 6.29. The number of terminal acetylenes is 1. The molecule has 0 radical (unpaired) electrons. The first kappa shape index (κ1) is 12.4. The Morgan fingerprint density at radius 3 is 3.13 bits per heavy atom. The number of piperidine rings is 1. The predicted molar refractivity (Wildman–Crippen MR) is 64.8 cm³/mol. The lowest BCUT2D eigenvalue weighted by atomic mass is 10.0. The van der Waals surface area contributed by atoms with Crippen LogP contribution >= 0.6 is 11.8 Å². The molecule has 2 N–H and O–H groups in total. The van der Waals surface area contributed by atoms with Gasteiger partial charge in [-0.3, -0.25) is 4.79 Å². The van der Waals surface area contributed by atoms with Crippen molar-refractivity contribution in [2.24, 2.45) is 0 Å². The summed E-state index contributed by atoms with van der Waals surface area (Å²) in [5, 5.41) is 6.14. The Labute approximate surface area is 95.8 Å². The second-order valence-corrected chi connectivity index (χ2v) is 4.66. The second-order valence-electron chi connectivity index (χ2n) is 3.55.